The van der Waals surface area contributed by atoms with Crippen molar-refractivity contribution in [1.29, 1.82) is 0 Å². The number of hydrogen-bond donors (Lipinski definition) is 0. The van der Waals surface area contributed by atoms with Crippen LogP contribution in [0.2, 0.25) is 0 Å². The Morgan fingerprint density at radius 1 is 0.654 bits per heavy atom. The molecular formula is C24H32N2. The van der Waals surface area contributed by atoms with Gasteiger partial charge in [-0.3, -0.25) is 0 Å². The first kappa shape index (κ1) is 20.2. The Balaban J connectivity index is 1.82. The Kier molecular flexibility index (Phi) is 9.51. The van der Waals surface area contributed by atoms with Crippen molar-refractivity contribution in [3.05, 3.63) is 58.9 Å². The maximum atomic E-state index is 4.30. The summed E-state index contributed by atoms with van der Waals surface area (Å²) in [5.74, 6) is 6.31. The van der Waals surface area contributed by atoms with Gasteiger partial charge in [-0.25, -0.2) is 0 Å². The normalized spacial score (nSPS) is 10.4. The Morgan fingerprint density at radius 3 is 1.96 bits per heavy atom. The molecule has 0 aliphatic heterocycles. The lowest BCUT2D eigenvalue weighted by Gasteiger charge is -2.01. The van der Waals surface area contributed by atoms with E-state index >= 15 is 0 Å². The monoisotopic (exact) mass is 348 g/mol. The van der Waals surface area contributed by atoms with E-state index in [2.05, 4.69) is 66.2 Å². The molecule has 0 spiro atoms. The average molecular weight is 349 g/mol. The van der Waals surface area contributed by atoms with E-state index < -0.39 is 0 Å². The third-order valence-electron chi connectivity index (χ3n) is 4.61. The van der Waals surface area contributed by atoms with Gasteiger partial charge >= 0.3 is 0 Å². The third-order valence-corrected chi connectivity index (χ3v) is 4.61. The highest BCUT2D eigenvalue weighted by atomic mass is 15.1. The van der Waals surface area contributed by atoms with Crippen LogP contribution in [0, 0.1) is 11.8 Å². The molecule has 0 atom stereocenters. The van der Waals surface area contributed by atoms with E-state index in [1.54, 1.807) is 0 Å². The van der Waals surface area contributed by atoms with Crippen LogP contribution in [-0.4, -0.2) is 10.2 Å². The van der Waals surface area contributed by atoms with Crippen LogP contribution in [0.4, 0.5) is 0 Å². The van der Waals surface area contributed by atoms with Gasteiger partial charge in [-0.1, -0.05) is 70.4 Å². The van der Waals surface area contributed by atoms with E-state index in [0.29, 0.717) is 0 Å². The van der Waals surface area contributed by atoms with Crippen molar-refractivity contribution in [2.24, 2.45) is 0 Å². The minimum absolute atomic E-state index is 0.742. The van der Waals surface area contributed by atoms with Gasteiger partial charge in [-0.15, -0.1) is 5.10 Å². The molecular weight excluding hydrogens is 316 g/mol. The molecule has 2 aromatic rings. The van der Waals surface area contributed by atoms with Crippen LogP contribution >= 0.6 is 0 Å². The molecule has 1 aromatic heterocycles. The zero-order chi connectivity index (χ0) is 18.5. The molecule has 2 heteroatoms. The van der Waals surface area contributed by atoms with Crippen molar-refractivity contribution >= 4 is 0 Å². The molecule has 0 amide bonds. The molecule has 138 valence electrons. The first-order valence-corrected chi connectivity index (χ1v) is 10.3. The number of aromatic nitrogens is 2. The SMILES string of the molecule is CCCCCCc1ccc(C#Cc2ccc(CCCCCC)nn2)cc1. The zero-order valence-corrected chi connectivity index (χ0v) is 16.4. The molecule has 2 nitrogen and oxygen atoms in total. The van der Waals surface area contributed by atoms with Crippen molar-refractivity contribution in [3.8, 4) is 11.8 Å². The van der Waals surface area contributed by atoms with Gasteiger partial charge in [0.15, 0.2) is 0 Å². The highest BCUT2D eigenvalue weighted by Gasteiger charge is 1.97. The van der Waals surface area contributed by atoms with E-state index in [4.69, 9.17) is 0 Å². The number of aryl methyl sites for hydroxylation is 2. The summed E-state index contributed by atoms with van der Waals surface area (Å²) in [6.07, 6.45) is 12.4. The van der Waals surface area contributed by atoms with E-state index in [-0.39, 0.29) is 0 Å². The predicted molar refractivity (Wildman–Crippen MR) is 110 cm³/mol. The highest BCUT2D eigenvalue weighted by molar-refractivity contribution is 5.40. The molecule has 0 aliphatic rings. The lowest BCUT2D eigenvalue weighted by Crippen LogP contribution is -1.95. The second-order valence-corrected chi connectivity index (χ2v) is 6.98. The van der Waals surface area contributed by atoms with Gasteiger partial charge in [0.05, 0.1) is 5.69 Å². The molecule has 1 heterocycles. The molecule has 0 fully saturated rings. The van der Waals surface area contributed by atoms with E-state index in [9.17, 15) is 0 Å². The number of unbranched alkanes of at least 4 members (excludes halogenated alkanes) is 6. The molecule has 0 unspecified atom stereocenters. The third kappa shape index (κ3) is 7.83. The van der Waals surface area contributed by atoms with Gasteiger partial charge in [-0.2, -0.15) is 5.10 Å². The van der Waals surface area contributed by atoms with Crippen LogP contribution in [0.25, 0.3) is 0 Å². The standard InChI is InChI=1S/C24H32N2/c1-3-5-7-9-11-21-13-15-22(16-14-21)17-18-24-20-19-23(25-26-24)12-10-8-6-4-2/h13-16,19-20H,3-12H2,1-2H3. The summed E-state index contributed by atoms with van der Waals surface area (Å²) >= 11 is 0. The maximum Gasteiger partial charge on any atom is 0.136 e. The second-order valence-electron chi connectivity index (χ2n) is 6.98. The van der Waals surface area contributed by atoms with Crippen LogP contribution in [0.3, 0.4) is 0 Å². The van der Waals surface area contributed by atoms with Gasteiger partial charge in [0.1, 0.15) is 5.69 Å². The molecule has 0 N–H and O–H groups in total. The maximum absolute atomic E-state index is 4.30. The van der Waals surface area contributed by atoms with Crippen LogP contribution in [0.5, 0.6) is 0 Å². The van der Waals surface area contributed by atoms with Gasteiger partial charge in [0.2, 0.25) is 0 Å². The smallest absolute Gasteiger partial charge is 0.136 e. The molecule has 0 saturated heterocycles. The van der Waals surface area contributed by atoms with E-state index in [1.807, 2.05) is 6.07 Å². The fourth-order valence-corrected chi connectivity index (χ4v) is 2.94. The van der Waals surface area contributed by atoms with Gasteiger partial charge in [0, 0.05) is 5.56 Å². The Morgan fingerprint density at radius 2 is 1.35 bits per heavy atom. The van der Waals surface area contributed by atoms with Crippen molar-refractivity contribution in [2.75, 3.05) is 0 Å². The number of nitrogens with zero attached hydrogens (tertiary/aromatic N) is 2. The zero-order valence-electron chi connectivity index (χ0n) is 16.4. The first-order chi connectivity index (χ1) is 12.8. The average Bonchev–Trinajstić information content (AvgIpc) is 2.69. The largest absolute Gasteiger partial charge is 0.154 e. The molecule has 0 bridgehead atoms. The van der Waals surface area contributed by atoms with Gasteiger partial charge in [0.25, 0.3) is 0 Å². The van der Waals surface area contributed by atoms with E-state index in [0.717, 1.165) is 23.4 Å². The van der Waals surface area contributed by atoms with Crippen molar-refractivity contribution < 1.29 is 0 Å². The van der Waals surface area contributed by atoms with Crippen LogP contribution in [-0.2, 0) is 12.8 Å². The fraction of sp³-hybridized carbons (Fsp3) is 0.500. The topological polar surface area (TPSA) is 25.8 Å². The first-order valence-electron chi connectivity index (χ1n) is 10.3. The highest BCUT2D eigenvalue weighted by Crippen LogP contribution is 2.10. The quantitative estimate of drug-likeness (QED) is 0.382. The summed E-state index contributed by atoms with van der Waals surface area (Å²) in [4.78, 5) is 0. The van der Waals surface area contributed by atoms with Gasteiger partial charge < -0.3 is 0 Å². The van der Waals surface area contributed by atoms with Crippen molar-refractivity contribution in [2.45, 2.75) is 78.1 Å². The van der Waals surface area contributed by atoms with Crippen molar-refractivity contribution in [1.82, 2.24) is 10.2 Å². The van der Waals surface area contributed by atoms with Gasteiger partial charge in [-0.05, 0) is 61.4 Å². The molecule has 2 rings (SSSR count). The Hall–Kier alpha value is -2.14. The van der Waals surface area contributed by atoms with E-state index in [1.165, 1.54) is 63.4 Å². The summed E-state index contributed by atoms with van der Waals surface area (Å²) in [6.45, 7) is 4.48. The number of benzene rings is 1. The summed E-state index contributed by atoms with van der Waals surface area (Å²) < 4.78 is 0. The molecule has 26 heavy (non-hydrogen) atoms. The molecule has 0 aliphatic carbocycles. The number of hydrogen-bond acceptors (Lipinski definition) is 2. The predicted octanol–water partition coefficient (Wildman–Crippen LogP) is 6.12. The van der Waals surface area contributed by atoms with Crippen LogP contribution in [0.1, 0.15) is 87.7 Å². The molecule has 0 saturated carbocycles. The minimum Gasteiger partial charge on any atom is -0.154 e. The number of rotatable bonds is 10. The van der Waals surface area contributed by atoms with Crippen LogP contribution < -0.4 is 0 Å². The summed E-state index contributed by atoms with van der Waals surface area (Å²) in [7, 11) is 0. The lowest BCUT2D eigenvalue weighted by molar-refractivity contribution is 0.656. The summed E-state index contributed by atoms with van der Waals surface area (Å²) in [5.41, 5.74) is 4.25. The summed E-state index contributed by atoms with van der Waals surface area (Å²) in [6, 6.07) is 12.6. The molecule has 0 radical (unpaired) electrons. The molecule has 1 aromatic carbocycles. The fourth-order valence-electron chi connectivity index (χ4n) is 2.94. The Labute approximate surface area is 159 Å². The second kappa shape index (κ2) is 12.3. The summed E-state index contributed by atoms with van der Waals surface area (Å²) in [5, 5.41) is 8.54. The lowest BCUT2D eigenvalue weighted by atomic mass is 10.0. The Bertz CT molecular complexity index is 615. The van der Waals surface area contributed by atoms with Crippen molar-refractivity contribution in [3.63, 3.8) is 0 Å². The van der Waals surface area contributed by atoms with Crippen LogP contribution in [0.15, 0.2) is 36.4 Å². The minimum atomic E-state index is 0.742.